The Morgan fingerprint density at radius 3 is 2.52 bits per heavy atom. The number of likely N-dealkylation sites (tertiary alicyclic amines) is 1. The van der Waals surface area contributed by atoms with Crippen molar-refractivity contribution >= 4 is 29.9 Å². The van der Waals surface area contributed by atoms with E-state index in [0.29, 0.717) is 18.5 Å². The van der Waals surface area contributed by atoms with Crippen LogP contribution in [0.3, 0.4) is 0 Å². The molecule has 1 heterocycles. The second-order valence-corrected chi connectivity index (χ2v) is 6.19. The third kappa shape index (κ3) is 7.45. The zero-order valence-corrected chi connectivity index (χ0v) is 16.0. The van der Waals surface area contributed by atoms with E-state index in [2.05, 4.69) is 20.5 Å². The molecule has 0 bridgehead atoms. The smallest absolute Gasteiger partial charge is 0.357 e. The van der Waals surface area contributed by atoms with Gasteiger partial charge < -0.3 is 10.6 Å². The first-order valence-corrected chi connectivity index (χ1v) is 8.33. The summed E-state index contributed by atoms with van der Waals surface area (Å²) < 4.78 is 36.6. The Hall–Kier alpha value is -0.250. The summed E-state index contributed by atoms with van der Waals surface area (Å²) in [6, 6.07) is 0.987. The molecule has 23 heavy (non-hydrogen) atoms. The maximum absolute atomic E-state index is 12.2. The highest BCUT2D eigenvalue weighted by molar-refractivity contribution is 14.0. The zero-order chi connectivity index (χ0) is 16.0. The number of hydrogen-bond acceptors (Lipinski definition) is 2. The van der Waals surface area contributed by atoms with Crippen molar-refractivity contribution < 1.29 is 13.2 Å². The molecule has 1 saturated carbocycles. The number of nitrogens with one attached hydrogen (secondary N) is 2. The SMILES string of the molecule is CCNC(=NCCC(F)(F)F)NC1CCN(C2CCCC2)C1.I. The number of alkyl halides is 3. The number of guanidine groups is 1. The van der Waals surface area contributed by atoms with Crippen molar-refractivity contribution in [3.8, 4) is 0 Å². The van der Waals surface area contributed by atoms with E-state index in [1.807, 2.05) is 6.92 Å². The minimum atomic E-state index is -4.15. The van der Waals surface area contributed by atoms with Crippen LogP contribution in [-0.4, -0.2) is 55.3 Å². The first kappa shape index (κ1) is 20.8. The van der Waals surface area contributed by atoms with Crippen LogP contribution in [0.25, 0.3) is 0 Å². The van der Waals surface area contributed by atoms with Gasteiger partial charge in [0, 0.05) is 31.7 Å². The van der Waals surface area contributed by atoms with Crippen molar-refractivity contribution in [1.29, 1.82) is 0 Å². The number of rotatable bonds is 5. The van der Waals surface area contributed by atoms with Crippen molar-refractivity contribution in [1.82, 2.24) is 15.5 Å². The van der Waals surface area contributed by atoms with Crippen molar-refractivity contribution in [3.05, 3.63) is 0 Å². The predicted molar refractivity (Wildman–Crippen MR) is 97.4 cm³/mol. The van der Waals surface area contributed by atoms with Crippen LogP contribution in [0.1, 0.15) is 45.4 Å². The Bertz CT molecular complexity index is 370. The first-order valence-electron chi connectivity index (χ1n) is 8.33. The molecular weight excluding hydrogens is 420 g/mol. The summed E-state index contributed by atoms with van der Waals surface area (Å²) in [5.41, 5.74) is 0. The minimum Gasteiger partial charge on any atom is -0.357 e. The molecule has 2 N–H and O–H groups in total. The topological polar surface area (TPSA) is 39.7 Å². The highest BCUT2D eigenvalue weighted by Crippen LogP contribution is 2.26. The van der Waals surface area contributed by atoms with Crippen LogP contribution in [0.2, 0.25) is 0 Å². The summed E-state index contributed by atoms with van der Waals surface area (Å²) in [4.78, 5) is 6.56. The van der Waals surface area contributed by atoms with Gasteiger partial charge in [-0.2, -0.15) is 13.2 Å². The maximum Gasteiger partial charge on any atom is 0.390 e. The lowest BCUT2D eigenvalue weighted by molar-refractivity contribution is -0.132. The van der Waals surface area contributed by atoms with Gasteiger partial charge in [0.25, 0.3) is 0 Å². The average Bonchev–Trinajstić information content (AvgIpc) is 3.07. The van der Waals surface area contributed by atoms with Gasteiger partial charge in [0.05, 0.1) is 13.0 Å². The van der Waals surface area contributed by atoms with E-state index in [4.69, 9.17) is 0 Å². The Morgan fingerprint density at radius 2 is 1.91 bits per heavy atom. The number of hydrogen-bond donors (Lipinski definition) is 2. The second kappa shape index (κ2) is 9.90. The van der Waals surface area contributed by atoms with Gasteiger partial charge in [0.1, 0.15) is 0 Å². The number of nitrogens with zero attached hydrogens (tertiary/aromatic N) is 2. The van der Waals surface area contributed by atoms with Gasteiger partial charge in [-0.25, -0.2) is 0 Å². The van der Waals surface area contributed by atoms with Crippen LogP contribution in [0.4, 0.5) is 13.2 Å². The van der Waals surface area contributed by atoms with E-state index in [9.17, 15) is 13.2 Å². The molecular formula is C15H28F3IN4. The third-order valence-electron chi connectivity index (χ3n) is 4.41. The van der Waals surface area contributed by atoms with Crippen LogP contribution in [0, 0.1) is 0 Å². The van der Waals surface area contributed by atoms with Gasteiger partial charge in [0.2, 0.25) is 0 Å². The fourth-order valence-corrected chi connectivity index (χ4v) is 3.31. The van der Waals surface area contributed by atoms with Crippen LogP contribution in [-0.2, 0) is 0 Å². The fourth-order valence-electron chi connectivity index (χ4n) is 3.31. The molecule has 8 heteroatoms. The molecule has 0 radical (unpaired) electrons. The Kier molecular flexibility index (Phi) is 8.95. The molecule has 2 aliphatic rings. The lowest BCUT2D eigenvalue weighted by Gasteiger charge is -2.24. The summed E-state index contributed by atoms with van der Waals surface area (Å²) in [5, 5.41) is 6.32. The number of halogens is 4. The Labute approximate surface area is 153 Å². The molecule has 2 rings (SSSR count). The highest BCUT2D eigenvalue weighted by atomic mass is 127. The highest BCUT2D eigenvalue weighted by Gasteiger charge is 2.30. The van der Waals surface area contributed by atoms with Crippen molar-refractivity contribution in [2.24, 2.45) is 4.99 Å². The summed E-state index contributed by atoms with van der Waals surface area (Å²) in [6.45, 7) is 4.38. The van der Waals surface area contributed by atoms with Crippen molar-refractivity contribution in [2.75, 3.05) is 26.2 Å². The van der Waals surface area contributed by atoms with Gasteiger partial charge in [-0.1, -0.05) is 12.8 Å². The van der Waals surface area contributed by atoms with Crippen LogP contribution >= 0.6 is 24.0 Å². The van der Waals surface area contributed by atoms with Gasteiger partial charge in [-0.15, -0.1) is 24.0 Å². The molecule has 0 spiro atoms. The van der Waals surface area contributed by atoms with Gasteiger partial charge in [0.15, 0.2) is 5.96 Å². The summed E-state index contributed by atoms with van der Waals surface area (Å²) in [5.74, 6) is 0.505. The van der Waals surface area contributed by atoms with Gasteiger partial charge in [-0.05, 0) is 26.2 Å². The quantitative estimate of drug-likeness (QED) is 0.386. The van der Waals surface area contributed by atoms with E-state index in [1.54, 1.807) is 0 Å². The molecule has 0 aromatic heterocycles. The van der Waals surface area contributed by atoms with Crippen LogP contribution < -0.4 is 10.6 Å². The molecule has 1 unspecified atom stereocenters. The molecule has 0 aromatic rings. The van der Waals surface area contributed by atoms with Crippen molar-refractivity contribution in [2.45, 2.75) is 63.7 Å². The molecule has 2 fully saturated rings. The van der Waals surface area contributed by atoms with E-state index >= 15 is 0 Å². The Balaban J connectivity index is 0.00000264. The summed E-state index contributed by atoms with van der Waals surface area (Å²) in [6.07, 6.45) is 1.22. The molecule has 0 amide bonds. The predicted octanol–water partition coefficient (Wildman–Crippen LogP) is 3.13. The molecule has 4 nitrogen and oxygen atoms in total. The second-order valence-electron chi connectivity index (χ2n) is 6.19. The average molecular weight is 448 g/mol. The molecule has 136 valence electrons. The van der Waals surface area contributed by atoms with E-state index in [1.165, 1.54) is 25.7 Å². The van der Waals surface area contributed by atoms with Crippen LogP contribution in [0.15, 0.2) is 4.99 Å². The largest absolute Gasteiger partial charge is 0.390 e. The lowest BCUT2D eigenvalue weighted by Crippen LogP contribution is -2.45. The monoisotopic (exact) mass is 448 g/mol. The molecule has 1 saturated heterocycles. The lowest BCUT2D eigenvalue weighted by atomic mass is 10.2. The third-order valence-corrected chi connectivity index (χ3v) is 4.41. The molecule has 1 aliphatic carbocycles. The van der Waals surface area contributed by atoms with E-state index < -0.39 is 12.6 Å². The number of aliphatic imine (C=N–C) groups is 1. The summed E-state index contributed by atoms with van der Waals surface area (Å²) in [7, 11) is 0. The molecule has 1 aliphatic heterocycles. The molecule has 0 aromatic carbocycles. The Morgan fingerprint density at radius 1 is 1.22 bits per heavy atom. The first-order chi connectivity index (χ1) is 10.5. The normalized spacial score (nSPS) is 23.8. The zero-order valence-electron chi connectivity index (χ0n) is 13.7. The summed E-state index contributed by atoms with van der Waals surface area (Å²) >= 11 is 0. The van der Waals surface area contributed by atoms with E-state index in [0.717, 1.165) is 19.5 Å². The standard InChI is InChI=1S/C15H27F3N4.HI/c1-2-19-14(20-9-8-15(16,17)18)21-12-7-10-22(11-12)13-5-3-4-6-13;/h12-13H,2-11H2,1H3,(H2,19,20,21);1H. The minimum absolute atomic E-state index is 0. The van der Waals surface area contributed by atoms with Gasteiger partial charge in [-0.3, -0.25) is 9.89 Å². The fraction of sp³-hybridized carbons (Fsp3) is 0.933. The van der Waals surface area contributed by atoms with Crippen molar-refractivity contribution in [3.63, 3.8) is 0 Å². The van der Waals surface area contributed by atoms with Gasteiger partial charge >= 0.3 is 6.18 Å². The maximum atomic E-state index is 12.2. The van der Waals surface area contributed by atoms with E-state index in [-0.39, 0.29) is 36.6 Å². The van der Waals surface area contributed by atoms with Crippen LogP contribution in [0.5, 0.6) is 0 Å². The molecule has 1 atom stereocenters.